The summed E-state index contributed by atoms with van der Waals surface area (Å²) in [5, 5.41) is 4.16. The molecule has 29 heavy (non-hydrogen) atoms. The third kappa shape index (κ3) is 4.21. The van der Waals surface area contributed by atoms with Gasteiger partial charge in [0.1, 0.15) is 0 Å². The summed E-state index contributed by atoms with van der Waals surface area (Å²) >= 11 is 0. The number of rotatable bonds is 5. The first-order valence-corrected chi connectivity index (χ1v) is 10.7. The average molecular weight is 398 g/mol. The lowest BCUT2D eigenvalue weighted by atomic mass is 9.94. The summed E-state index contributed by atoms with van der Waals surface area (Å²) < 4.78 is 5.55. The van der Waals surface area contributed by atoms with Crippen molar-refractivity contribution in [3.05, 3.63) is 35.7 Å². The van der Waals surface area contributed by atoms with Crippen molar-refractivity contribution in [1.82, 2.24) is 19.9 Å². The number of benzene rings is 1. The molecule has 156 valence electrons. The van der Waals surface area contributed by atoms with Crippen molar-refractivity contribution in [3.8, 4) is 11.4 Å². The maximum absolute atomic E-state index is 12.9. The quantitative estimate of drug-likeness (QED) is 0.834. The van der Waals surface area contributed by atoms with E-state index in [2.05, 4.69) is 28.9 Å². The summed E-state index contributed by atoms with van der Waals surface area (Å²) in [4.78, 5) is 21.9. The molecule has 1 aromatic carbocycles. The average Bonchev–Trinajstić information content (AvgIpc) is 3.43. The van der Waals surface area contributed by atoms with Crippen molar-refractivity contribution in [2.24, 2.45) is 17.6 Å². The van der Waals surface area contributed by atoms with Crippen LogP contribution in [0.5, 0.6) is 0 Å². The Morgan fingerprint density at radius 3 is 2.62 bits per heavy atom. The summed E-state index contributed by atoms with van der Waals surface area (Å²) in [5.41, 5.74) is 8.03. The molecule has 2 N–H and O–H groups in total. The highest BCUT2D eigenvalue weighted by molar-refractivity contribution is 5.79. The third-order valence-corrected chi connectivity index (χ3v) is 6.56. The molecule has 0 bridgehead atoms. The monoisotopic (exact) mass is 397 g/mol. The lowest BCUT2D eigenvalue weighted by molar-refractivity contribution is -0.138. The van der Waals surface area contributed by atoms with Gasteiger partial charge < -0.3 is 15.2 Å². The van der Waals surface area contributed by atoms with Gasteiger partial charge in [-0.25, -0.2) is 0 Å². The molecule has 1 aliphatic carbocycles. The van der Waals surface area contributed by atoms with Crippen LogP contribution in [0.25, 0.3) is 11.4 Å². The van der Waals surface area contributed by atoms with Crippen LogP contribution >= 0.6 is 0 Å². The van der Waals surface area contributed by atoms with Crippen LogP contribution in [0.15, 0.2) is 28.8 Å². The topological polar surface area (TPSA) is 88.5 Å². The summed E-state index contributed by atoms with van der Waals surface area (Å²) in [5.74, 6) is 2.02. The number of piperazine rings is 1. The molecule has 4 rings (SSSR count). The molecule has 1 saturated heterocycles. The van der Waals surface area contributed by atoms with Crippen LogP contribution in [0.3, 0.4) is 0 Å². The number of hydrogen-bond donors (Lipinski definition) is 1. The molecule has 2 fully saturated rings. The molecule has 2 aromatic rings. The first kappa shape index (κ1) is 20.0. The molecular formula is C22H31N5O2. The largest absolute Gasteiger partial charge is 0.340 e. The van der Waals surface area contributed by atoms with Gasteiger partial charge in [-0.3, -0.25) is 9.69 Å². The van der Waals surface area contributed by atoms with E-state index in [1.54, 1.807) is 0 Å². The van der Waals surface area contributed by atoms with Gasteiger partial charge in [-0.15, -0.1) is 0 Å². The van der Waals surface area contributed by atoms with Crippen molar-refractivity contribution >= 4 is 5.91 Å². The molecule has 1 amide bonds. The molecule has 1 aromatic heterocycles. The minimum absolute atomic E-state index is 0.0298. The van der Waals surface area contributed by atoms with Crippen molar-refractivity contribution < 1.29 is 9.32 Å². The molecule has 2 heterocycles. The fourth-order valence-corrected chi connectivity index (χ4v) is 4.59. The Morgan fingerprint density at radius 2 is 1.93 bits per heavy atom. The normalized spacial score (nSPS) is 24.0. The van der Waals surface area contributed by atoms with E-state index < -0.39 is 0 Å². The third-order valence-electron chi connectivity index (χ3n) is 6.56. The number of aryl methyl sites for hydroxylation is 1. The molecule has 0 spiro atoms. The zero-order valence-electron chi connectivity index (χ0n) is 17.4. The number of aromatic nitrogens is 2. The van der Waals surface area contributed by atoms with E-state index in [-0.39, 0.29) is 12.0 Å². The molecule has 7 heteroatoms. The number of nitrogens with two attached hydrogens (primary N) is 1. The zero-order chi connectivity index (χ0) is 20.4. The van der Waals surface area contributed by atoms with Crippen molar-refractivity contribution in [1.29, 1.82) is 0 Å². The number of amides is 1. The molecule has 1 aliphatic heterocycles. The van der Waals surface area contributed by atoms with Gasteiger partial charge in [0, 0.05) is 37.7 Å². The molecule has 7 nitrogen and oxygen atoms in total. The lowest BCUT2D eigenvalue weighted by Gasteiger charge is -2.38. The standard InChI is InChI=1S/C22H31N5O2/c1-15-6-8-17(9-7-15)20-24-21(29-25-20)16(2)26-10-12-27(13-11-26)22(28)19-5-3-4-18(19)14-23/h6-9,16,18-19H,3-5,10-14,23H2,1-2H3/t16?,18-,19-/m1/s1. The van der Waals surface area contributed by atoms with Gasteiger partial charge in [0.25, 0.3) is 0 Å². The molecule has 3 atom stereocenters. The Labute approximate surface area is 172 Å². The molecule has 1 unspecified atom stereocenters. The fraction of sp³-hybridized carbons (Fsp3) is 0.591. The number of carbonyl (C=O) groups excluding carboxylic acids is 1. The van der Waals surface area contributed by atoms with E-state index in [1.807, 2.05) is 29.2 Å². The van der Waals surface area contributed by atoms with Gasteiger partial charge in [-0.1, -0.05) is 41.4 Å². The van der Waals surface area contributed by atoms with Gasteiger partial charge in [-0.05, 0) is 39.2 Å². The second kappa shape index (κ2) is 8.63. The first-order valence-electron chi connectivity index (χ1n) is 10.7. The van der Waals surface area contributed by atoms with Crippen LogP contribution in [0.1, 0.15) is 43.7 Å². The van der Waals surface area contributed by atoms with E-state index in [0.717, 1.165) is 51.0 Å². The van der Waals surface area contributed by atoms with Gasteiger partial charge in [0.2, 0.25) is 17.6 Å². The van der Waals surface area contributed by atoms with Crippen LogP contribution < -0.4 is 5.73 Å². The van der Waals surface area contributed by atoms with Crippen LogP contribution in [0, 0.1) is 18.8 Å². The first-order chi connectivity index (χ1) is 14.1. The minimum atomic E-state index is 0.0298. The smallest absolute Gasteiger partial charge is 0.244 e. The van der Waals surface area contributed by atoms with Crippen LogP contribution in [-0.2, 0) is 4.79 Å². The molecule has 0 radical (unpaired) electrons. The Kier molecular flexibility index (Phi) is 5.96. The molecule has 1 saturated carbocycles. The summed E-state index contributed by atoms with van der Waals surface area (Å²) in [7, 11) is 0. The van der Waals surface area contributed by atoms with Gasteiger partial charge in [0.15, 0.2) is 0 Å². The number of nitrogens with zero attached hydrogens (tertiary/aromatic N) is 4. The Morgan fingerprint density at radius 1 is 1.21 bits per heavy atom. The van der Waals surface area contributed by atoms with Crippen LogP contribution in [0.2, 0.25) is 0 Å². The highest BCUT2D eigenvalue weighted by atomic mass is 16.5. The maximum atomic E-state index is 12.9. The lowest BCUT2D eigenvalue weighted by Crippen LogP contribution is -2.51. The zero-order valence-corrected chi connectivity index (χ0v) is 17.4. The Bertz CT molecular complexity index is 826. The second-order valence-corrected chi connectivity index (χ2v) is 8.39. The SMILES string of the molecule is Cc1ccc(-c2noc(C(C)N3CCN(C(=O)[C@@H]4CCC[C@@H]4CN)CC3)n2)cc1. The van der Waals surface area contributed by atoms with Crippen LogP contribution in [0.4, 0.5) is 0 Å². The van der Waals surface area contributed by atoms with Crippen molar-refractivity contribution in [3.63, 3.8) is 0 Å². The summed E-state index contributed by atoms with van der Waals surface area (Å²) in [6, 6.07) is 8.14. The van der Waals surface area contributed by atoms with E-state index >= 15 is 0 Å². The predicted octanol–water partition coefficient (Wildman–Crippen LogP) is 2.63. The van der Waals surface area contributed by atoms with Gasteiger partial charge in [-0.2, -0.15) is 4.98 Å². The Hall–Kier alpha value is -2.25. The summed E-state index contributed by atoms with van der Waals surface area (Å²) in [6.45, 7) is 7.89. The van der Waals surface area contributed by atoms with E-state index in [9.17, 15) is 4.79 Å². The predicted molar refractivity (Wildman–Crippen MR) is 111 cm³/mol. The van der Waals surface area contributed by atoms with Crippen molar-refractivity contribution in [2.75, 3.05) is 32.7 Å². The molecule has 2 aliphatic rings. The fourth-order valence-electron chi connectivity index (χ4n) is 4.59. The second-order valence-electron chi connectivity index (χ2n) is 8.39. The highest BCUT2D eigenvalue weighted by Gasteiger charge is 2.36. The molecular weight excluding hydrogens is 366 g/mol. The summed E-state index contributed by atoms with van der Waals surface area (Å²) in [6.07, 6.45) is 3.20. The van der Waals surface area contributed by atoms with E-state index in [4.69, 9.17) is 10.3 Å². The maximum Gasteiger partial charge on any atom is 0.244 e. The van der Waals surface area contributed by atoms with Crippen LogP contribution in [-0.4, -0.2) is 58.6 Å². The van der Waals surface area contributed by atoms with E-state index in [0.29, 0.717) is 30.1 Å². The number of carbonyl (C=O) groups is 1. The number of hydrogen-bond acceptors (Lipinski definition) is 6. The minimum Gasteiger partial charge on any atom is -0.340 e. The van der Waals surface area contributed by atoms with Gasteiger partial charge >= 0.3 is 0 Å². The van der Waals surface area contributed by atoms with Crippen molar-refractivity contribution in [2.45, 2.75) is 39.2 Å². The Balaban J connectivity index is 1.35. The van der Waals surface area contributed by atoms with Gasteiger partial charge in [0.05, 0.1) is 6.04 Å². The van der Waals surface area contributed by atoms with E-state index in [1.165, 1.54) is 5.56 Å². The highest BCUT2D eigenvalue weighted by Crippen LogP contribution is 2.33.